The predicted molar refractivity (Wildman–Crippen MR) is 87.5 cm³/mol. The van der Waals surface area contributed by atoms with E-state index in [1.165, 1.54) is 33.0 Å². The largest absolute Gasteiger partial charge is 0.133 e. The van der Waals surface area contributed by atoms with E-state index < -0.39 is 0 Å². The minimum absolute atomic E-state index is 1.01. The topological polar surface area (TPSA) is 0 Å². The highest BCUT2D eigenvalue weighted by Crippen LogP contribution is 2.29. The summed E-state index contributed by atoms with van der Waals surface area (Å²) in [4.78, 5) is 0. The molecule has 1 heteroatoms. The minimum atomic E-state index is 1.01. The van der Waals surface area contributed by atoms with Gasteiger partial charge in [-0.25, -0.2) is 0 Å². The van der Waals surface area contributed by atoms with Crippen molar-refractivity contribution < 1.29 is 0 Å². The van der Waals surface area contributed by atoms with Gasteiger partial charge in [0.1, 0.15) is 0 Å². The van der Waals surface area contributed by atoms with Crippen molar-refractivity contribution in [2.24, 2.45) is 0 Å². The Kier molecular flexibility index (Phi) is 3.36. The fraction of sp³-hybridized carbons (Fsp3) is 0.111. The van der Waals surface area contributed by atoms with Crippen LogP contribution in [0.1, 0.15) is 11.1 Å². The third-order valence-electron chi connectivity index (χ3n) is 3.54. The van der Waals surface area contributed by atoms with Crippen molar-refractivity contribution in [3.8, 4) is 11.1 Å². The molecule has 0 fully saturated rings. The van der Waals surface area contributed by atoms with Crippen LogP contribution < -0.4 is 0 Å². The second kappa shape index (κ2) is 5.15. The van der Waals surface area contributed by atoms with Gasteiger partial charge in [-0.1, -0.05) is 66.2 Å². The second-order valence-corrected chi connectivity index (χ2v) is 5.34. The van der Waals surface area contributed by atoms with Crippen molar-refractivity contribution in [3.63, 3.8) is 0 Å². The lowest BCUT2D eigenvalue weighted by Crippen LogP contribution is -1.83. The smallest absolute Gasteiger partial charge is 0.0105 e. The van der Waals surface area contributed by atoms with Crippen molar-refractivity contribution in [2.45, 2.75) is 13.1 Å². The van der Waals surface area contributed by atoms with Gasteiger partial charge in [0.25, 0.3) is 0 Å². The zero-order chi connectivity index (χ0) is 13.2. The third kappa shape index (κ3) is 2.41. The number of hydrogen-bond donors (Lipinski definition) is 0. The highest BCUT2D eigenvalue weighted by molar-refractivity contribution is 7.15. The van der Waals surface area contributed by atoms with E-state index in [4.69, 9.17) is 0 Å². The average Bonchev–Trinajstić information content (AvgIpc) is 2.46. The van der Waals surface area contributed by atoms with Gasteiger partial charge in [0, 0.05) is 0 Å². The number of aryl methyl sites for hydroxylation is 1. The summed E-state index contributed by atoms with van der Waals surface area (Å²) < 4.78 is 0. The summed E-state index contributed by atoms with van der Waals surface area (Å²) in [6.45, 7) is 2.14. The molecule has 0 heterocycles. The fourth-order valence-electron chi connectivity index (χ4n) is 2.48. The molecule has 0 bridgehead atoms. The van der Waals surface area contributed by atoms with Gasteiger partial charge in [-0.3, -0.25) is 0 Å². The van der Waals surface area contributed by atoms with Gasteiger partial charge in [-0.2, -0.15) is 0 Å². The van der Waals surface area contributed by atoms with E-state index in [0.29, 0.717) is 0 Å². The van der Waals surface area contributed by atoms with Crippen LogP contribution in [0.3, 0.4) is 0 Å². The first-order valence-electron chi connectivity index (χ1n) is 6.57. The third-order valence-corrected chi connectivity index (χ3v) is 4.01. The van der Waals surface area contributed by atoms with Gasteiger partial charge in [-0.15, -0.1) is 9.24 Å². The van der Waals surface area contributed by atoms with E-state index in [0.717, 1.165) is 6.16 Å². The summed E-state index contributed by atoms with van der Waals surface area (Å²) in [6, 6.07) is 22.0. The monoisotopic (exact) mass is 264 g/mol. The minimum Gasteiger partial charge on any atom is -0.133 e. The van der Waals surface area contributed by atoms with Crippen molar-refractivity contribution in [1.82, 2.24) is 0 Å². The van der Waals surface area contributed by atoms with Crippen LogP contribution in [-0.4, -0.2) is 0 Å². The molecule has 3 rings (SSSR count). The summed E-state index contributed by atoms with van der Waals surface area (Å²) in [5.74, 6) is 0. The van der Waals surface area contributed by atoms with Crippen LogP contribution in [-0.2, 0) is 6.16 Å². The Morgan fingerprint density at radius 2 is 1.68 bits per heavy atom. The molecule has 1 unspecified atom stereocenters. The van der Waals surface area contributed by atoms with Gasteiger partial charge < -0.3 is 0 Å². The van der Waals surface area contributed by atoms with Crippen molar-refractivity contribution >= 4 is 20.0 Å². The maximum absolute atomic E-state index is 2.77. The molecule has 3 aromatic rings. The molecule has 94 valence electrons. The molecule has 3 aromatic carbocycles. The molecule has 0 amide bonds. The standard InChI is InChI=1S/C18H17P/c1-13-5-10-18-16(11-13)3-2-4-17(18)15-8-6-14(12-19)7-9-15/h2-11H,12,19H2,1H3. The van der Waals surface area contributed by atoms with Crippen LogP contribution in [0.2, 0.25) is 0 Å². The zero-order valence-corrected chi connectivity index (χ0v) is 12.2. The van der Waals surface area contributed by atoms with E-state index in [-0.39, 0.29) is 0 Å². The molecule has 0 saturated heterocycles. The van der Waals surface area contributed by atoms with E-state index in [9.17, 15) is 0 Å². The normalized spacial score (nSPS) is 10.8. The van der Waals surface area contributed by atoms with Gasteiger partial charge in [0.2, 0.25) is 0 Å². The molecule has 0 aliphatic rings. The van der Waals surface area contributed by atoms with Crippen LogP contribution in [0.4, 0.5) is 0 Å². The molecule has 0 radical (unpaired) electrons. The second-order valence-electron chi connectivity index (χ2n) is 4.93. The molecule has 19 heavy (non-hydrogen) atoms. The number of fused-ring (bicyclic) bond motifs is 1. The maximum atomic E-state index is 2.77. The molecule has 1 atom stereocenters. The first-order valence-corrected chi connectivity index (χ1v) is 7.38. The Hall–Kier alpha value is -1.65. The summed E-state index contributed by atoms with van der Waals surface area (Å²) in [6.07, 6.45) is 1.01. The number of rotatable bonds is 2. The first kappa shape index (κ1) is 12.4. The lowest BCUT2D eigenvalue weighted by atomic mass is 9.97. The van der Waals surface area contributed by atoms with Crippen LogP contribution in [0.15, 0.2) is 60.7 Å². The SMILES string of the molecule is Cc1ccc2c(-c3ccc(CP)cc3)cccc2c1. The Labute approximate surface area is 116 Å². The molecule has 0 saturated carbocycles. The maximum Gasteiger partial charge on any atom is -0.0105 e. The molecule has 0 nitrogen and oxygen atoms in total. The lowest BCUT2D eigenvalue weighted by Gasteiger charge is -2.08. The molecule has 0 aliphatic carbocycles. The molecule has 0 aliphatic heterocycles. The average molecular weight is 264 g/mol. The number of hydrogen-bond acceptors (Lipinski definition) is 0. The first-order chi connectivity index (χ1) is 9.28. The van der Waals surface area contributed by atoms with Crippen molar-refractivity contribution in [3.05, 3.63) is 71.8 Å². The highest BCUT2D eigenvalue weighted by Gasteiger charge is 2.03. The van der Waals surface area contributed by atoms with Gasteiger partial charge in [-0.05, 0) is 40.5 Å². The molecular weight excluding hydrogens is 247 g/mol. The summed E-state index contributed by atoms with van der Waals surface area (Å²) in [5.41, 5.74) is 5.26. The summed E-state index contributed by atoms with van der Waals surface area (Å²) >= 11 is 0. The van der Waals surface area contributed by atoms with Crippen molar-refractivity contribution in [2.75, 3.05) is 0 Å². The van der Waals surface area contributed by atoms with Gasteiger partial charge >= 0.3 is 0 Å². The van der Waals surface area contributed by atoms with Gasteiger partial charge in [0.15, 0.2) is 0 Å². The van der Waals surface area contributed by atoms with Crippen LogP contribution in [0.5, 0.6) is 0 Å². The molecular formula is C18H17P. The Morgan fingerprint density at radius 1 is 0.895 bits per heavy atom. The highest BCUT2D eigenvalue weighted by atomic mass is 31.0. The number of benzene rings is 3. The van der Waals surface area contributed by atoms with E-state index in [2.05, 4.69) is 76.8 Å². The molecule has 0 aromatic heterocycles. The zero-order valence-electron chi connectivity index (χ0n) is 11.1. The predicted octanol–water partition coefficient (Wildman–Crippen LogP) is 5.19. The Morgan fingerprint density at radius 3 is 2.42 bits per heavy atom. The summed E-state index contributed by atoms with van der Waals surface area (Å²) in [7, 11) is 2.77. The summed E-state index contributed by atoms with van der Waals surface area (Å²) in [5, 5.41) is 2.64. The van der Waals surface area contributed by atoms with Crippen LogP contribution in [0, 0.1) is 6.92 Å². The Bertz CT molecular complexity index is 711. The van der Waals surface area contributed by atoms with E-state index >= 15 is 0 Å². The van der Waals surface area contributed by atoms with E-state index in [1.54, 1.807) is 0 Å². The van der Waals surface area contributed by atoms with Crippen molar-refractivity contribution in [1.29, 1.82) is 0 Å². The molecule has 0 spiro atoms. The quantitative estimate of drug-likeness (QED) is 0.559. The van der Waals surface area contributed by atoms with E-state index in [1.807, 2.05) is 0 Å². The fourth-order valence-corrected chi connectivity index (χ4v) is 2.75. The van der Waals surface area contributed by atoms with Crippen LogP contribution in [0.25, 0.3) is 21.9 Å². The lowest BCUT2D eigenvalue weighted by molar-refractivity contribution is 1.42. The Balaban J connectivity index is 2.18. The molecule has 0 N–H and O–H groups in total. The van der Waals surface area contributed by atoms with Crippen LogP contribution >= 0.6 is 9.24 Å². The van der Waals surface area contributed by atoms with Gasteiger partial charge in [0.05, 0.1) is 0 Å².